The molecule has 1 fully saturated rings. The van der Waals surface area contributed by atoms with Crippen molar-refractivity contribution in [3.8, 4) is 5.75 Å². The van der Waals surface area contributed by atoms with E-state index in [1.807, 2.05) is 24.3 Å². The second kappa shape index (κ2) is 7.29. The van der Waals surface area contributed by atoms with Crippen LogP contribution in [0.4, 0.5) is 5.69 Å². The number of methoxy groups -OCH3 is 1. The van der Waals surface area contributed by atoms with Crippen LogP contribution < -0.4 is 10.1 Å². The molecule has 0 bridgehead atoms. The Bertz CT molecular complexity index is 829. The number of aliphatic imine (C=N–C) groups is 1. The zero-order chi connectivity index (χ0) is 18.0. The van der Waals surface area contributed by atoms with E-state index in [9.17, 15) is 0 Å². The molecule has 0 atom stereocenters. The van der Waals surface area contributed by atoms with Crippen molar-refractivity contribution in [1.29, 1.82) is 0 Å². The molecule has 0 amide bonds. The maximum absolute atomic E-state index is 6.11. The summed E-state index contributed by atoms with van der Waals surface area (Å²) in [5.41, 5.74) is 3.55. The molecule has 2 aromatic carbocycles. The first-order valence-corrected chi connectivity index (χ1v) is 9.37. The Morgan fingerprint density at radius 2 is 2.04 bits per heavy atom. The van der Waals surface area contributed by atoms with Gasteiger partial charge in [0, 0.05) is 35.4 Å². The summed E-state index contributed by atoms with van der Waals surface area (Å²) in [7, 11) is 1.69. The molecule has 4 rings (SSSR count). The average Bonchev–Trinajstić information content (AvgIpc) is 2.67. The van der Waals surface area contributed by atoms with Crippen LogP contribution in [0.15, 0.2) is 47.5 Å². The molecule has 1 saturated heterocycles. The first-order valence-electron chi connectivity index (χ1n) is 9.00. The minimum Gasteiger partial charge on any atom is -0.497 e. The standard InChI is InChI=1S/C21H23ClN2O2/c1-25-18-6-5-16-13-21(7-9-26-10-8-21)20(24-19(16)12-18)23-14-15-3-2-4-17(22)11-15/h2-6,11-12H,7-10,13-14H2,1H3,(H,23,24). The molecule has 0 aromatic heterocycles. The second-order valence-electron chi connectivity index (χ2n) is 7.01. The Labute approximate surface area is 159 Å². The molecule has 1 spiro atoms. The van der Waals surface area contributed by atoms with Crippen LogP contribution in [0.25, 0.3) is 0 Å². The lowest BCUT2D eigenvalue weighted by atomic mass is 9.71. The van der Waals surface area contributed by atoms with Crippen molar-refractivity contribution >= 4 is 23.1 Å². The smallest absolute Gasteiger partial charge is 0.120 e. The van der Waals surface area contributed by atoms with Crippen molar-refractivity contribution in [2.45, 2.75) is 25.8 Å². The molecular formula is C21H23ClN2O2. The van der Waals surface area contributed by atoms with Crippen LogP contribution in [0.5, 0.6) is 5.75 Å². The van der Waals surface area contributed by atoms with Gasteiger partial charge in [-0.25, -0.2) is 0 Å². The van der Waals surface area contributed by atoms with Crippen molar-refractivity contribution < 1.29 is 9.47 Å². The average molecular weight is 371 g/mol. The molecule has 0 unspecified atom stereocenters. The van der Waals surface area contributed by atoms with Gasteiger partial charge in [-0.05, 0) is 48.6 Å². The monoisotopic (exact) mass is 370 g/mol. The van der Waals surface area contributed by atoms with Crippen molar-refractivity contribution in [1.82, 2.24) is 0 Å². The van der Waals surface area contributed by atoms with E-state index >= 15 is 0 Å². The number of ether oxygens (including phenoxy) is 2. The van der Waals surface area contributed by atoms with Crippen molar-refractivity contribution in [2.24, 2.45) is 10.4 Å². The molecule has 0 aliphatic carbocycles. The van der Waals surface area contributed by atoms with Crippen LogP contribution in [0.3, 0.4) is 0 Å². The SMILES string of the molecule is COc1ccc2c(c1)NC(=NCc1cccc(Cl)c1)C1(CCOCC1)C2. The third kappa shape index (κ3) is 3.44. The second-order valence-corrected chi connectivity index (χ2v) is 7.45. The first-order chi connectivity index (χ1) is 12.7. The van der Waals surface area contributed by atoms with Crippen molar-refractivity contribution in [3.63, 3.8) is 0 Å². The fraction of sp³-hybridized carbons (Fsp3) is 0.381. The Morgan fingerprint density at radius 1 is 1.19 bits per heavy atom. The van der Waals surface area contributed by atoms with Crippen molar-refractivity contribution in [3.05, 3.63) is 58.6 Å². The number of hydrogen-bond acceptors (Lipinski definition) is 3. The Kier molecular flexibility index (Phi) is 4.88. The van der Waals surface area contributed by atoms with Crippen LogP contribution in [0.1, 0.15) is 24.0 Å². The van der Waals surface area contributed by atoms with E-state index in [0.717, 1.165) is 60.3 Å². The number of amidine groups is 1. The lowest BCUT2D eigenvalue weighted by molar-refractivity contribution is 0.0448. The molecule has 4 nitrogen and oxygen atoms in total. The summed E-state index contributed by atoms with van der Waals surface area (Å²) in [6.45, 7) is 2.18. The van der Waals surface area contributed by atoms with E-state index in [4.69, 9.17) is 26.1 Å². The minimum atomic E-state index is 0.0262. The van der Waals surface area contributed by atoms with E-state index in [0.29, 0.717) is 6.54 Å². The number of anilines is 1. The maximum atomic E-state index is 6.11. The third-order valence-corrected chi connectivity index (χ3v) is 5.60. The predicted molar refractivity (Wildman–Crippen MR) is 105 cm³/mol. The molecule has 0 radical (unpaired) electrons. The Hall–Kier alpha value is -2.04. The van der Waals surface area contributed by atoms with E-state index in [2.05, 4.69) is 23.5 Å². The highest BCUT2D eigenvalue weighted by Gasteiger charge is 2.41. The molecule has 2 heterocycles. The number of benzene rings is 2. The number of hydrogen-bond donors (Lipinski definition) is 1. The number of nitrogens with zero attached hydrogens (tertiary/aromatic N) is 1. The molecule has 2 aliphatic heterocycles. The van der Waals surface area contributed by atoms with E-state index < -0.39 is 0 Å². The Morgan fingerprint density at radius 3 is 2.81 bits per heavy atom. The van der Waals surface area contributed by atoms with E-state index in [1.165, 1.54) is 5.56 Å². The van der Waals surface area contributed by atoms with Gasteiger partial charge in [0.1, 0.15) is 11.6 Å². The van der Waals surface area contributed by atoms with Crippen LogP contribution in [-0.2, 0) is 17.7 Å². The highest BCUT2D eigenvalue weighted by molar-refractivity contribution is 6.30. The van der Waals surface area contributed by atoms with Gasteiger partial charge < -0.3 is 14.8 Å². The molecule has 26 heavy (non-hydrogen) atoms. The lowest BCUT2D eigenvalue weighted by Crippen LogP contribution is -2.45. The molecule has 0 saturated carbocycles. The summed E-state index contributed by atoms with van der Waals surface area (Å²) in [5, 5.41) is 4.34. The summed E-state index contributed by atoms with van der Waals surface area (Å²) in [5.74, 6) is 1.91. The van der Waals surface area contributed by atoms with Gasteiger partial charge >= 0.3 is 0 Å². The fourth-order valence-electron chi connectivity index (χ4n) is 3.85. The van der Waals surface area contributed by atoms with Crippen LogP contribution >= 0.6 is 11.6 Å². The number of rotatable bonds is 3. The molecule has 5 heteroatoms. The molecule has 136 valence electrons. The van der Waals surface area contributed by atoms with Gasteiger partial charge in [-0.2, -0.15) is 0 Å². The van der Waals surface area contributed by atoms with Gasteiger partial charge in [-0.15, -0.1) is 0 Å². The summed E-state index contributed by atoms with van der Waals surface area (Å²) < 4.78 is 11.0. The highest BCUT2D eigenvalue weighted by Crippen LogP contribution is 2.42. The summed E-state index contributed by atoms with van der Waals surface area (Å²) in [4.78, 5) is 4.98. The van der Waals surface area contributed by atoms with Crippen LogP contribution in [0.2, 0.25) is 5.02 Å². The number of fused-ring (bicyclic) bond motifs is 1. The molecule has 2 aromatic rings. The normalized spacial score (nSPS) is 19.8. The third-order valence-electron chi connectivity index (χ3n) is 5.36. The zero-order valence-electron chi connectivity index (χ0n) is 14.9. The lowest BCUT2D eigenvalue weighted by Gasteiger charge is -2.42. The van der Waals surface area contributed by atoms with Crippen molar-refractivity contribution in [2.75, 3.05) is 25.6 Å². The highest BCUT2D eigenvalue weighted by atomic mass is 35.5. The van der Waals surface area contributed by atoms with Gasteiger partial charge in [-0.1, -0.05) is 29.8 Å². The summed E-state index contributed by atoms with van der Waals surface area (Å²) in [6.07, 6.45) is 2.96. The summed E-state index contributed by atoms with van der Waals surface area (Å²) in [6, 6.07) is 14.1. The number of halogens is 1. The van der Waals surface area contributed by atoms with E-state index in [-0.39, 0.29) is 5.41 Å². The van der Waals surface area contributed by atoms with Crippen LogP contribution in [0, 0.1) is 5.41 Å². The Balaban J connectivity index is 1.67. The van der Waals surface area contributed by atoms with Gasteiger partial charge in [0.25, 0.3) is 0 Å². The summed E-state index contributed by atoms with van der Waals surface area (Å²) >= 11 is 6.11. The van der Waals surface area contributed by atoms with Crippen LogP contribution in [-0.4, -0.2) is 26.2 Å². The van der Waals surface area contributed by atoms with Gasteiger partial charge in [-0.3, -0.25) is 4.99 Å². The minimum absolute atomic E-state index is 0.0262. The van der Waals surface area contributed by atoms with Gasteiger partial charge in [0.15, 0.2) is 0 Å². The van der Waals surface area contributed by atoms with E-state index in [1.54, 1.807) is 7.11 Å². The maximum Gasteiger partial charge on any atom is 0.120 e. The number of nitrogens with one attached hydrogen (secondary N) is 1. The quantitative estimate of drug-likeness (QED) is 0.850. The largest absolute Gasteiger partial charge is 0.497 e. The van der Waals surface area contributed by atoms with Gasteiger partial charge in [0.05, 0.1) is 13.7 Å². The molecule has 2 aliphatic rings. The molecular weight excluding hydrogens is 348 g/mol. The topological polar surface area (TPSA) is 42.8 Å². The zero-order valence-corrected chi connectivity index (χ0v) is 15.7. The molecule has 1 N–H and O–H groups in total. The van der Waals surface area contributed by atoms with Gasteiger partial charge in [0.2, 0.25) is 0 Å². The predicted octanol–water partition coefficient (Wildman–Crippen LogP) is 4.71. The fourth-order valence-corrected chi connectivity index (χ4v) is 4.06. The first kappa shape index (κ1) is 17.4.